The van der Waals surface area contributed by atoms with Crippen molar-refractivity contribution in [3.05, 3.63) is 34.9 Å². The zero-order valence-electron chi connectivity index (χ0n) is 12.1. The van der Waals surface area contributed by atoms with Crippen LogP contribution in [0.3, 0.4) is 0 Å². The molecule has 0 atom stereocenters. The van der Waals surface area contributed by atoms with E-state index in [2.05, 4.69) is 32.0 Å². The SMILES string of the molecule is Cc1ccc(C)c(CC(=O)C2CCC(CN)CC2)c1. The predicted octanol–water partition coefficient (Wildman–Crippen LogP) is 3.18. The van der Waals surface area contributed by atoms with Crippen LogP contribution < -0.4 is 5.73 Å². The summed E-state index contributed by atoms with van der Waals surface area (Å²) in [7, 11) is 0. The number of carbonyl (C=O) groups is 1. The highest BCUT2D eigenvalue weighted by Gasteiger charge is 2.25. The minimum atomic E-state index is 0.266. The lowest BCUT2D eigenvalue weighted by Crippen LogP contribution is -2.26. The van der Waals surface area contributed by atoms with E-state index in [1.165, 1.54) is 16.7 Å². The van der Waals surface area contributed by atoms with Crippen LogP contribution in [0.4, 0.5) is 0 Å². The molecule has 2 nitrogen and oxygen atoms in total. The van der Waals surface area contributed by atoms with Crippen molar-refractivity contribution in [1.82, 2.24) is 0 Å². The molecule has 1 aliphatic rings. The third-order valence-corrected chi connectivity index (χ3v) is 4.50. The van der Waals surface area contributed by atoms with Crippen molar-refractivity contribution >= 4 is 5.78 Å². The summed E-state index contributed by atoms with van der Waals surface area (Å²) in [4.78, 5) is 12.4. The Labute approximate surface area is 116 Å². The van der Waals surface area contributed by atoms with Gasteiger partial charge in [0.05, 0.1) is 0 Å². The monoisotopic (exact) mass is 259 g/mol. The van der Waals surface area contributed by atoms with E-state index in [1.807, 2.05) is 0 Å². The molecule has 0 bridgehead atoms. The van der Waals surface area contributed by atoms with Crippen LogP contribution in [-0.4, -0.2) is 12.3 Å². The van der Waals surface area contributed by atoms with Crippen LogP contribution >= 0.6 is 0 Å². The molecule has 2 rings (SSSR count). The van der Waals surface area contributed by atoms with Gasteiger partial charge in [0.1, 0.15) is 5.78 Å². The van der Waals surface area contributed by atoms with Crippen molar-refractivity contribution in [2.75, 3.05) is 6.54 Å². The molecule has 0 radical (unpaired) electrons. The van der Waals surface area contributed by atoms with Gasteiger partial charge in [-0.1, -0.05) is 23.8 Å². The summed E-state index contributed by atoms with van der Waals surface area (Å²) < 4.78 is 0. The zero-order valence-corrected chi connectivity index (χ0v) is 12.1. The van der Waals surface area contributed by atoms with E-state index in [0.29, 0.717) is 18.1 Å². The van der Waals surface area contributed by atoms with Crippen LogP contribution in [0.1, 0.15) is 42.4 Å². The zero-order chi connectivity index (χ0) is 13.8. The van der Waals surface area contributed by atoms with Gasteiger partial charge in [-0.15, -0.1) is 0 Å². The van der Waals surface area contributed by atoms with Gasteiger partial charge < -0.3 is 5.73 Å². The van der Waals surface area contributed by atoms with E-state index in [4.69, 9.17) is 5.73 Å². The maximum absolute atomic E-state index is 12.4. The number of ketones is 1. The number of rotatable bonds is 4. The number of hydrogen-bond donors (Lipinski definition) is 1. The van der Waals surface area contributed by atoms with Gasteiger partial charge in [-0.2, -0.15) is 0 Å². The van der Waals surface area contributed by atoms with Crippen LogP contribution in [0.25, 0.3) is 0 Å². The summed E-state index contributed by atoms with van der Waals surface area (Å²) in [5, 5.41) is 0. The van der Waals surface area contributed by atoms with Crippen molar-refractivity contribution in [3.63, 3.8) is 0 Å². The van der Waals surface area contributed by atoms with Gasteiger partial charge in [0, 0.05) is 12.3 Å². The first-order chi connectivity index (χ1) is 9.10. The van der Waals surface area contributed by atoms with Crippen LogP contribution in [0.2, 0.25) is 0 Å². The minimum Gasteiger partial charge on any atom is -0.330 e. The van der Waals surface area contributed by atoms with Gasteiger partial charge in [0.25, 0.3) is 0 Å². The van der Waals surface area contributed by atoms with E-state index in [-0.39, 0.29) is 5.92 Å². The van der Waals surface area contributed by atoms with Crippen LogP contribution in [0.15, 0.2) is 18.2 Å². The molecule has 2 N–H and O–H groups in total. The Kier molecular flexibility index (Phi) is 4.76. The number of carbonyl (C=O) groups excluding carboxylic acids is 1. The van der Waals surface area contributed by atoms with Gasteiger partial charge in [-0.25, -0.2) is 0 Å². The maximum Gasteiger partial charge on any atom is 0.140 e. The first-order valence-corrected chi connectivity index (χ1v) is 7.39. The van der Waals surface area contributed by atoms with Gasteiger partial charge >= 0.3 is 0 Å². The molecule has 2 heteroatoms. The predicted molar refractivity (Wildman–Crippen MR) is 79.1 cm³/mol. The van der Waals surface area contributed by atoms with E-state index in [1.54, 1.807) is 0 Å². The molecule has 0 spiro atoms. The summed E-state index contributed by atoms with van der Waals surface area (Å²) in [6.07, 6.45) is 4.92. The van der Waals surface area contributed by atoms with Crippen LogP contribution in [0, 0.1) is 25.7 Å². The fourth-order valence-electron chi connectivity index (χ4n) is 3.04. The smallest absolute Gasteiger partial charge is 0.140 e. The summed E-state index contributed by atoms with van der Waals surface area (Å²) in [6, 6.07) is 6.37. The Hall–Kier alpha value is -1.15. The van der Waals surface area contributed by atoms with Crippen molar-refractivity contribution < 1.29 is 4.79 Å². The Morgan fingerprint density at radius 1 is 1.21 bits per heavy atom. The molecule has 0 unspecified atom stereocenters. The maximum atomic E-state index is 12.4. The molecular formula is C17H25NO. The summed E-state index contributed by atoms with van der Waals surface area (Å²) in [5.41, 5.74) is 9.37. The summed E-state index contributed by atoms with van der Waals surface area (Å²) in [6.45, 7) is 4.95. The molecule has 1 saturated carbocycles. The lowest BCUT2D eigenvalue weighted by Gasteiger charge is -2.26. The average molecular weight is 259 g/mol. The fourth-order valence-corrected chi connectivity index (χ4v) is 3.04. The molecule has 104 valence electrons. The molecule has 0 aromatic heterocycles. The summed E-state index contributed by atoms with van der Waals surface area (Å²) in [5.74, 6) is 1.33. The summed E-state index contributed by atoms with van der Waals surface area (Å²) >= 11 is 0. The molecular weight excluding hydrogens is 234 g/mol. The second-order valence-electron chi connectivity index (χ2n) is 6.03. The van der Waals surface area contributed by atoms with Gasteiger partial charge in [0.2, 0.25) is 0 Å². The molecule has 19 heavy (non-hydrogen) atoms. The number of nitrogens with two attached hydrogens (primary N) is 1. The molecule has 0 aliphatic heterocycles. The molecule has 0 saturated heterocycles. The van der Waals surface area contributed by atoms with Crippen molar-refractivity contribution in [2.45, 2.75) is 46.0 Å². The lowest BCUT2D eigenvalue weighted by atomic mass is 9.78. The van der Waals surface area contributed by atoms with E-state index in [0.717, 1.165) is 32.2 Å². The molecule has 1 aromatic rings. The number of Topliss-reactive ketones (excluding diaryl/α,β-unsaturated/α-hetero) is 1. The molecule has 1 aliphatic carbocycles. The first kappa shape index (κ1) is 14.3. The number of benzene rings is 1. The second kappa shape index (κ2) is 6.33. The topological polar surface area (TPSA) is 43.1 Å². The Bertz CT molecular complexity index is 445. The van der Waals surface area contributed by atoms with Crippen molar-refractivity contribution in [2.24, 2.45) is 17.6 Å². The quantitative estimate of drug-likeness (QED) is 0.902. The minimum absolute atomic E-state index is 0.266. The standard InChI is InChI=1S/C17H25NO/c1-12-3-4-13(2)16(9-12)10-17(19)15-7-5-14(11-18)6-8-15/h3-4,9,14-15H,5-8,10-11,18H2,1-2H3. The van der Waals surface area contributed by atoms with Crippen LogP contribution in [-0.2, 0) is 11.2 Å². The van der Waals surface area contributed by atoms with Gasteiger partial charge in [0.15, 0.2) is 0 Å². The number of hydrogen-bond acceptors (Lipinski definition) is 2. The van der Waals surface area contributed by atoms with E-state index < -0.39 is 0 Å². The Balaban J connectivity index is 1.96. The average Bonchev–Trinajstić information content (AvgIpc) is 2.43. The molecule has 1 aromatic carbocycles. The highest BCUT2D eigenvalue weighted by atomic mass is 16.1. The normalized spacial score (nSPS) is 23.3. The third-order valence-electron chi connectivity index (χ3n) is 4.50. The van der Waals surface area contributed by atoms with E-state index in [9.17, 15) is 4.79 Å². The van der Waals surface area contributed by atoms with Crippen molar-refractivity contribution in [1.29, 1.82) is 0 Å². The largest absolute Gasteiger partial charge is 0.330 e. The Morgan fingerprint density at radius 2 is 1.89 bits per heavy atom. The Morgan fingerprint density at radius 3 is 2.53 bits per heavy atom. The van der Waals surface area contributed by atoms with Gasteiger partial charge in [-0.3, -0.25) is 4.79 Å². The molecule has 0 heterocycles. The molecule has 0 amide bonds. The van der Waals surface area contributed by atoms with Gasteiger partial charge in [-0.05, 0) is 63.1 Å². The second-order valence-corrected chi connectivity index (χ2v) is 6.03. The third kappa shape index (κ3) is 3.66. The molecule has 1 fully saturated rings. The first-order valence-electron chi connectivity index (χ1n) is 7.39. The highest BCUT2D eigenvalue weighted by molar-refractivity contribution is 5.83. The van der Waals surface area contributed by atoms with Crippen LogP contribution in [0.5, 0.6) is 0 Å². The van der Waals surface area contributed by atoms with Crippen molar-refractivity contribution in [3.8, 4) is 0 Å². The fraction of sp³-hybridized carbons (Fsp3) is 0.588. The number of aryl methyl sites for hydroxylation is 2. The van der Waals surface area contributed by atoms with E-state index >= 15 is 0 Å². The lowest BCUT2D eigenvalue weighted by molar-refractivity contribution is -0.123. The highest BCUT2D eigenvalue weighted by Crippen LogP contribution is 2.29.